The van der Waals surface area contributed by atoms with Gasteiger partial charge in [-0.25, -0.2) is 17.2 Å². The number of H-pyrrole nitrogens is 1. The number of fused-ring (bicyclic) bond motifs is 1. The van der Waals surface area contributed by atoms with Gasteiger partial charge in [-0.1, -0.05) is 30.3 Å². The first-order valence-electron chi connectivity index (χ1n) is 14.4. The molecule has 0 radical (unpaired) electrons. The molecule has 5 aromatic rings. The molecular formula is C33H32F2N4O4S. The van der Waals surface area contributed by atoms with Crippen molar-refractivity contribution in [1.82, 2.24) is 14.5 Å². The second-order valence-corrected chi connectivity index (χ2v) is 13.0. The van der Waals surface area contributed by atoms with Crippen LogP contribution in [0.4, 0.5) is 14.5 Å². The van der Waals surface area contributed by atoms with Crippen LogP contribution in [0.2, 0.25) is 0 Å². The van der Waals surface area contributed by atoms with E-state index in [1.807, 2.05) is 18.2 Å². The van der Waals surface area contributed by atoms with E-state index in [0.29, 0.717) is 39.8 Å². The summed E-state index contributed by atoms with van der Waals surface area (Å²) in [6.45, 7) is 2.74. The van der Waals surface area contributed by atoms with E-state index in [2.05, 4.69) is 26.7 Å². The molecule has 1 saturated heterocycles. The van der Waals surface area contributed by atoms with Crippen molar-refractivity contribution in [3.63, 3.8) is 0 Å². The van der Waals surface area contributed by atoms with E-state index >= 15 is 0 Å². The maximum absolute atomic E-state index is 14.9. The Morgan fingerprint density at radius 2 is 1.82 bits per heavy atom. The molecule has 228 valence electrons. The topological polar surface area (TPSA) is 96.4 Å². The zero-order valence-corrected chi connectivity index (χ0v) is 25.1. The van der Waals surface area contributed by atoms with Crippen LogP contribution in [0.25, 0.3) is 22.0 Å². The van der Waals surface area contributed by atoms with Crippen LogP contribution in [-0.4, -0.2) is 35.2 Å². The van der Waals surface area contributed by atoms with Crippen LogP contribution in [0, 0.1) is 11.6 Å². The summed E-state index contributed by atoms with van der Waals surface area (Å²) in [4.78, 5) is 18.1. The fraction of sp³-hybridized carbons (Fsp3) is 0.242. The summed E-state index contributed by atoms with van der Waals surface area (Å²) >= 11 is 0. The van der Waals surface area contributed by atoms with Crippen molar-refractivity contribution < 1.29 is 21.9 Å². The fourth-order valence-corrected chi connectivity index (χ4v) is 6.50. The molecule has 0 amide bonds. The first kappa shape index (κ1) is 29.6. The SMILES string of the molecule is CCS(=O)(=O)Nc1cc(-c2cn(C)c(=O)c3[nH]ccc23)c(Oc2ccc(F)cc2F)cc1CN1CCCC1c1ccccc1. The molecule has 1 unspecified atom stereocenters. The predicted molar refractivity (Wildman–Crippen MR) is 167 cm³/mol. The Morgan fingerprint density at radius 3 is 2.57 bits per heavy atom. The van der Waals surface area contributed by atoms with Crippen molar-refractivity contribution in [1.29, 1.82) is 0 Å². The molecule has 8 nitrogen and oxygen atoms in total. The third-order valence-corrected chi connectivity index (χ3v) is 9.36. The highest BCUT2D eigenvalue weighted by Gasteiger charge is 2.28. The van der Waals surface area contributed by atoms with Gasteiger partial charge < -0.3 is 14.3 Å². The monoisotopic (exact) mass is 618 g/mol. The number of ether oxygens (including phenoxy) is 1. The molecule has 0 aliphatic carbocycles. The highest BCUT2D eigenvalue weighted by Crippen LogP contribution is 2.42. The molecule has 6 rings (SSSR count). The van der Waals surface area contributed by atoms with E-state index in [1.54, 1.807) is 44.6 Å². The lowest BCUT2D eigenvalue weighted by Gasteiger charge is -2.27. The van der Waals surface area contributed by atoms with E-state index in [0.717, 1.165) is 31.5 Å². The Hall–Kier alpha value is -4.48. The number of sulfonamides is 1. The standard InChI is InChI=1S/C33H32F2N4O4S/c1-3-44(41,42)37-28-18-25(26-20-38(2)33(40)32-24(26)13-14-36-32)31(43-30-12-11-23(34)17-27(30)35)16-22(28)19-39-15-7-10-29(39)21-8-5-4-6-9-21/h4-6,8-9,11-14,16-18,20,29,36-37H,3,7,10,15,19H2,1-2H3. The quantitative estimate of drug-likeness (QED) is 0.192. The normalized spacial score (nSPS) is 15.6. The zero-order chi connectivity index (χ0) is 31.0. The van der Waals surface area contributed by atoms with Gasteiger partial charge in [0.05, 0.1) is 11.4 Å². The Labute approximate surface area is 254 Å². The van der Waals surface area contributed by atoms with Crippen LogP contribution in [-0.2, 0) is 23.6 Å². The van der Waals surface area contributed by atoms with Crippen LogP contribution in [0.3, 0.4) is 0 Å². The van der Waals surface area contributed by atoms with Gasteiger partial charge in [0.1, 0.15) is 17.1 Å². The third-order valence-electron chi connectivity index (χ3n) is 8.07. The Balaban J connectivity index is 1.55. The number of pyridine rings is 1. The van der Waals surface area contributed by atoms with E-state index in [1.165, 1.54) is 16.2 Å². The molecule has 2 N–H and O–H groups in total. The second kappa shape index (κ2) is 11.9. The van der Waals surface area contributed by atoms with Crippen molar-refractivity contribution in [2.24, 2.45) is 7.05 Å². The van der Waals surface area contributed by atoms with Crippen molar-refractivity contribution in [3.05, 3.63) is 112 Å². The van der Waals surface area contributed by atoms with Gasteiger partial charge in [-0.2, -0.15) is 0 Å². The van der Waals surface area contributed by atoms with E-state index in [4.69, 9.17) is 4.74 Å². The Bertz CT molecular complexity index is 2010. The molecule has 44 heavy (non-hydrogen) atoms. The molecule has 0 bridgehead atoms. The lowest BCUT2D eigenvalue weighted by atomic mass is 9.98. The average Bonchev–Trinajstić information content (AvgIpc) is 3.68. The number of hydrogen-bond acceptors (Lipinski definition) is 5. The van der Waals surface area contributed by atoms with Gasteiger partial charge in [-0.3, -0.25) is 14.4 Å². The summed E-state index contributed by atoms with van der Waals surface area (Å²) in [7, 11) is -2.09. The molecule has 2 aromatic heterocycles. The van der Waals surface area contributed by atoms with Crippen LogP contribution in [0.1, 0.15) is 36.9 Å². The second-order valence-electron chi connectivity index (χ2n) is 11.0. The maximum Gasteiger partial charge on any atom is 0.274 e. The Morgan fingerprint density at radius 1 is 1.02 bits per heavy atom. The maximum atomic E-state index is 14.9. The third kappa shape index (κ3) is 5.85. The number of hydrogen-bond donors (Lipinski definition) is 2. The minimum atomic E-state index is -3.70. The number of aromatic amines is 1. The van der Waals surface area contributed by atoms with Crippen LogP contribution >= 0.6 is 0 Å². The lowest BCUT2D eigenvalue weighted by Crippen LogP contribution is -2.24. The summed E-state index contributed by atoms with van der Waals surface area (Å²) in [5.74, 6) is -1.74. The van der Waals surface area contributed by atoms with Crippen LogP contribution in [0.15, 0.2) is 83.9 Å². The number of nitrogens with zero attached hydrogens (tertiary/aromatic N) is 2. The largest absolute Gasteiger partial charge is 0.454 e. The number of aryl methyl sites for hydroxylation is 1. The molecule has 1 aliphatic heterocycles. The van der Waals surface area contributed by atoms with Crippen LogP contribution in [0.5, 0.6) is 11.5 Å². The van der Waals surface area contributed by atoms with Gasteiger partial charge in [-0.15, -0.1) is 0 Å². The summed E-state index contributed by atoms with van der Waals surface area (Å²) < 4.78 is 64.8. The number of aromatic nitrogens is 2. The summed E-state index contributed by atoms with van der Waals surface area (Å²) in [6, 6.07) is 18.4. The van der Waals surface area contributed by atoms with Gasteiger partial charge in [0, 0.05) is 54.6 Å². The lowest BCUT2D eigenvalue weighted by molar-refractivity contribution is 0.248. The first-order valence-corrected chi connectivity index (χ1v) is 16.0. The smallest absolute Gasteiger partial charge is 0.274 e. The van der Waals surface area contributed by atoms with Gasteiger partial charge in [0.25, 0.3) is 5.56 Å². The number of halogens is 2. The van der Waals surface area contributed by atoms with Gasteiger partial charge in [0.15, 0.2) is 11.6 Å². The molecular weight excluding hydrogens is 586 g/mol. The van der Waals surface area contributed by atoms with Crippen molar-refractivity contribution in [2.45, 2.75) is 32.4 Å². The molecule has 3 aromatic carbocycles. The van der Waals surface area contributed by atoms with E-state index in [-0.39, 0.29) is 28.9 Å². The summed E-state index contributed by atoms with van der Waals surface area (Å²) in [5.41, 5.74) is 3.24. The Kier molecular flexibility index (Phi) is 8.00. The number of nitrogens with one attached hydrogen (secondary N) is 2. The predicted octanol–water partition coefficient (Wildman–Crippen LogP) is 6.70. The fourth-order valence-electron chi connectivity index (χ4n) is 5.83. The van der Waals surface area contributed by atoms with Gasteiger partial charge in [0.2, 0.25) is 10.0 Å². The molecule has 0 saturated carbocycles. The number of likely N-dealkylation sites (tertiary alicyclic amines) is 1. The number of anilines is 1. The molecule has 1 atom stereocenters. The van der Waals surface area contributed by atoms with Gasteiger partial charge >= 0.3 is 0 Å². The highest BCUT2D eigenvalue weighted by atomic mass is 32.2. The zero-order valence-electron chi connectivity index (χ0n) is 24.3. The van der Waals surface area contributed by atoms with E-state index < -0.39 is 21.7 Å². The molecule has 1 aliphatic rings. The van der Waals surface area contributed by atoms with Crippen molar-refractivity contribution in [3.8, 4) is 22.6 Å². The minimum Gasteiger partial charge on any atom is -0.454 e. The summed E-state index contributed by atoms with van der Waals surface area (Å²) in [5, 5.41) is 0.582. The molecule has 0 spiro atoms. The van der Waals surface area contributed by atoms with Gasteiger partial charge in [-0.05, 0) is 67.8 Å². The van der Waals surface area contributed by atoms with Crippen molar-refractivity contribution in [2.75, 3.05) is 17.0 Å². The molecule has 11 heteroatoms. The van der Waals surface area contributed by atoms with Crippen molar-refractivity contribution >= 4 is 26.6 Å². The number of rotatable bonds is 9. The average molecular weight is 619 g/mol. The number of benzene rings is 3. The van der Waals surface area contributed by atoms with E-state index in [9.17, 15) is 22.0 Å². The molecule has 3 heterocycles. The highest BCUT2D eigenvalue weighted by molar-refractivity contribution is 7.92. The summed E-state index contributed by atoms with van der Waals surface area (Å²) in [6.07, 6.45) is 5.19. The van der Waals surface area contributed by atoms with Crippen LogP contribution < -0.4 is 15.0 Å². The minimum absolute atomic E-state index is 0.133. The first-order chi connectivity index (χ1) is 21.1. The molecule has 1 fully saturated rings.